The first kappa shape index (κ1) is 27.1. The third kappa shape index (κ3) is 6.33. The molecule has 2 amide bonds. The first-order valence-electron chi connectivity index (χ1n) is 13.7. The Balaban J connectivity index is 1.75. The molecule has 0 spiro atoms. The summed E-state index contributed by atoms with van der Waals surface area (Å²) in [4.78, 5) is 42.0. The minimum absolute atomic E-state index is 0.00710. The zero-order chi connectivity index (χ0) is 26.4. The Labute approximate surface area is 218 Å². The van der Waals surface area contributed by atoms with E-state index in [-0.39, 0.29) is 29.5 Å². The fraction of sp³-hybridized carbons (Fsp3) is 0.607. The first-order chi connectivity index (χ1) is 17.9. The van der Waals surface area contributed by atoms with Crippen LogP contribution in [-0.2, 0) is 11.3 Å². The number of piperazine rings is 1. The summed E-state index contributed by atoms with van der Waals surface area (Å²) in [5.41, 5.74) is 1.49. The smallest absolute Gasteiger partial charge is 0.329 e. The van der Waals surface area contributed by atoms with Crippen molar-refractivity contribution >= 4 is 11.8 Å². The molecule has 9 heteroatoms. The minimum atomic E-state index is -0.637. The number of aromatic nitrogens is 2. The third-order valence-corrected chi connectivity index (χ3v) is 7.33. The number of nitrogens with one attached hydrogen (secondary N) is 2. The van der Waals surface area contributed by atoms with E-state index in [9.17, 15) is 19.5 Å². The molecular formula is C28H41N5O4. The second kappa shape index (κ2) is 12.6. The van der Waals surface area contributed by atoms with Crippen molar-refractivity contribution in [3.8, 4) is 11.3 Å². The predicted octanol–water partition coefficient (Wildman–Crippen LogP) is 2.39. The second-order valence-electron chi connectivity index (χ2n) is 10.6. The van der Waals surface area contributed by atoms with Crippen LogP contribution in [0.4, 0.5) is 0 Å². The van der Waals surface area contributed by atoms with Crippen molar-refractivity contribution in [1.82, 2.24) is 24.7 Å². The Morgan fingerprint density at radius 2 is 1.81 bits per heavy atom. The molecule has 2 heterocycles. The van der Waals surface area contributed by atoms with E-state index in [1.165, 1.54) is 0 Å². The number of aliphatic hydroxyl groups is 1. The highest BCUT2D eigenvalue weighted by Crippen LogP contribution is 2.34. The number of hydrogen-bond acceptors (Lipinski definition) is 5. The molecule has 1 saturated heterocycles. The molecule has 1 aromatic heterocycles. The van der Waals surface area contributed by atoms with Crippen LogP contribution in [0.3, 0.4) is 0 Å². The molecule has 202 valence electrons. The van der Waals surface area contributed by atoms with Crippen LogP contribution < -0.4 is 16.3 Å². The Morgan fingerprint density at radius 1 is 1.11 bits per heavy atom. The summed E-state index contributed by atoms with van der Waals surface area (Å²) in [5.74, 6) is 0.105. The number of hydrogen-bond donors (Lipinski definition) is 3. The topological polar surface area (TPSA) is 109 Å². The van der Waals surface area contributed by atoms with Crippen LogP contribution in [0.1, 0.15) is 68.9 Å². The SMILES string of the molecule is CC(C)CC(=O)NCCCn1c(C(=O)N2CCNCC2)c(-c2ccccc2)n(C2CCCC[C@H]2O)c1=O. The van der Waals surface area contributed by atoms with Gasteiger partial charge in [0, 0.05) is 51.3 Å². The average molecular weight is 512 g/mol. The quantitative estimate of drug-likeness (QED) is 0.448. The van der Waals surface area contributed by atoms with Gasteiger partial charge >= 0.3 is 5.69 Å². The fourth-order valence-corrected chi connectivity index (χ4v) is 5.49. The maximum absolute atomic E-state index is 14.0. The number of nitrogens with zero attached hydrogens (tertiary/aromatic N) is 3. The largest absolute Gasteiger partial charge is 0.391 e. The molecule has 1 unspecified atom stereocenters. The van der Waals surface area contributed by atoms with Gasteiger partial charge in [-0.2, -0.15) is 0 Å². The lowest BCUT2D eigenvalue weighted by atomic mass is 9.92. The molecule has 9 nitrogen and oxygen atoms in total. The molecular weight excluding hydrogens is 470 g/mol. The van der Waals surface area contributed by atoms with Gasteiger partial charge in [-0.15, -0.1) is 0 Å². The molecule has 2 aromatic rings. The van der Waals surface area contributed by atoms with E-state index in [1.807, 2.05) is 44.2 Å². The van der Waals surface area contributed by atoms with E-state index in [1.54, 1.807) is 14.0 Å². The van der Waals surface area contributed by atoms with Gasteiger partial charge in [-0.1, -0.05) is 57.0 Å². The number of aliphatic hydroxyl groups excluding tert-OH is 1. The Bertz CT molecular complexity index is 1120. The van der Waals surface area contributed by atoms with Gasteiger partial charge in [0.1, 0.15) is 5.69 Å². The van der Waals surface area contributed by atoms with Crippen molar-refractivity contribution in [2.24, 2.45) is 5.92 Å². The summed E-state index contributed by atoms with van der Waals surface area (Å²) in [6.07, 6.45) is 3.53. The van der Waals surface area contributed by atoms with Gasteiger partial charge in [0.25, 0.3) is 5.91 Å². The highest BCUT2D eigenvalue weighted by molar-refractivity contribution is 5.98. The Morgan fingerprint density at radius 3 is 2.49 bits per heavy atom. The van der Waals surface area contributed by atoms with Crippen LogP contribution >= 0.6 is 0 Å². The Hall–Kier alpha value is -2.91. The van der Waals surface area contributed by atoms with Crippen LogP contribution in [0.25, 0.3) is 11.3 Å². The van der Waals surface area contributed by atoms with E-state index in [2.05, 4.69) is 10.6 Å². The van der Waals surface area contributed by atoms with Gasteiger partial charge in [0.15, 0.2) is 0 Å². The number of benzene rings is 1. The van der Waals surface area contributed by atoms with E-state index in [4.69, 9.17) is 0 Å². The average Bonchev–Trinajstić information content (AvgIpc) is 3.18. The molecule has 1 saturated carbocycles. The van der Waals surface area contributed by atoms with Crippen molar-refractivity contribution < 1.29 is 14.7 Å². The number of carbonyl (C=O) groups excluding carboxylic acids is 2. The molecule has 2 atom stereocenters. The first-order valence-corrected chi connectivity index (χ1v) is 13.7. The normalized spacial score (nSPS) is 20.3. The summed E-state index contributed by atoms with van der Waals surface area (Å²) in [6.45, 7) is 7.30. The van der Waals surface area contributed by atoms with Gasteiger partial charge in [-0.05, 0) is 25.2 Å². The fourth-order valence-electron chi connectivity index (χ4n) is 5.49. The summed E-state index contributed by atoms with van der Waals surface area (Å²) >= 11 is 0. The molecule has 2 fully saturated rings. The van der Waals surface area contributed by atoms with Crippen molar-refractivity contribution in [1.29, 1.82) is 0 Å². The van der Waals surface area contributed by atoms with Crippen LogP contribution in [0, 0.1) is 5.92 Å². The third-order valence-electron chi connectivity index (χ3n) is 7.33. The van der Waals surface area contributed by atoms with Gasteiger partial charge in [0.05, 0.1) is 17.8 Å². The summed E-state index contributed by atoms with van der Waals surface area (Å²) in [5, 5.41) is 17.1. The van der Waals surface area contributed by atoms with Crippen molar-refractivity contribution in [3.05, 3.63) is 46.5 Å². The lowest BCUT2D eigenvalue weighted by Crippen LogP contribution is -2.47. The second-order valence-corrected chi connectivity index (χ2v) is 10.6. The molecule has 0 bridgehead atoms. The predicted molar refractivity (Wildman–Crippen MR) is 143 cm³/mol. The molecule has 4 rings (SSSR count). The summed E-state index contributed by atoms with van der Waals surface area (Å²) in [6, 6.07) is 9.19. The molecule has 3 N–H and O–H groups in total. The minimum Gasteiger partial charge on any atom is -0.391 e. The van der Waals surface area contributed by atoms with Gasteiger partial charge in [-0.25, -0.2) is 4.79 Å². The molecule has 0 radical (unpaired) electrons. The van der Waals surface area contributed by atoms with Gasteiger partial charge in [-0.3, -0.25) is 18.7 Å². The number of amides is 2. The molecule has 1 aliphatic carbocycles. The lowest BCUT2D eigenvalue weighted by Gasteiger charge is -2.30. The van der Waals surface area contributed by atoms with Crippen LogP contribution in [0.5, 0.6) is 0 Å². The van der Waals surface area contributed by atoms with Gasteiger partial charge < -0.3 is 20.6 Å². The number of imidazole rings is 1. The van der Waals surface area contributed by atoms with Crippen LogP contribution in [0.2, 0.25) is 0 Å². The van der Waals surface area contributed by atoms with E-state index in [0.29, 0.717) is 76.3 Å². The summed E-state index contributed by atoms with van der Waals surface area (Å²) in [7, 11) is 0. The van der Waals surface area contributed by atoms with E-state index >= 15 is 0 Å². The van der Waals surface area contributed by atoms with Crippen LogP contribution in [0.15, 0.2) is 35.1 Å². The van der Waals surface area contributed by atoms with Crippen LogP contribution in [-0.4, -0.2) is 69.8 Å². The van der Waals surface area contributed by atoms with E-state index in [0.717, 1.165) is 18.4 Å². The highest BCUT2D eigenvalue weighted by atomic mass is 16.3. The molecule has 37 heavy (non-hydrogen) atoms. The molecule has 2 aliphatic rings. The van der Waals surface area contributed by atoms with Gasteiger partial charge in [0.2, 0.25) is 5.91 Å². The zero-order valence-corrected chi connectivity index (χ0v) is 22.1. The summed E-state index contributed by atoms with van der Waals surface area (Å²) < 4.78 is 3.27. The van der Waals surface area contributed by atoms with E-state index < -0.39 is 6.10 Å². The number of carbonyl (C=O) groups is 2. The standard InChI is InChI=1S/C28H41N5O4/c1-20(2)19-24(35)30-13-8-16-32-26(27(36)31-17-14-29-15-18-31)25(21-9-4-3-5-10-21)33(28(32)37)22-11-6-7-12-23(22)34/h3-5,9-10,20,22-23,29,34H,6-8,11-19H2,1-2H3,(H,30,35)/t22?,23-/m1/s1. The Kier molecular flexibility index (Phi) is 9.21. The lowest BCUT2D eigenvalue weighted by molar-refractivity contribution is -0.121. The monoisotopic (exact) mass is 511 g/mol. The maximum Gasteiger partial charge on any atom is 0.329 e. The molecule has 1 aliphatic heterocycles. The van der Waals surface area contributed by atoms with Crippen molar-refractivity contribution in [3.63, 3.8) is 0 Å². The molecule has 1 aromatic carbocycles. The maximum atomic E-state index is 14.0. The van der Waals surface area contributed by atoms with Crippen molar-refractivity contribution in [2.75, 3.05) is 32.7 Å². The van der Waals surface area contributed by atoms with Crippen molar-refractivity contribution in [2.45, 2.75) is 71.1 Å². The number of rotatable bonds is 9. The zero-order valence-electron chi connectivity index (χ0n) is 22.1. The highest BCUT2D eigenvalue weighted by Gasteiger charge is 2.35.